The van der Waals surface area contributed by atoms with Crippen LogP contribution >= 0.6 is 0 Å². The smallest absolute Gasteiger partial charge is 0.217 e. The number of guanidine groups is 1. The van der Waals surface area contributed by atoms with Crippen molar-refractivity contribution >= 4 is 17.7 Å². The molecular formula is C21H34N6O. The molecule has 3 rings (SSSR count). The van der Waals surface area contributed by atoms with Crippen LogP contribution in [0.4, 0.5) is 5.82 Å². The van der Waals surface area contributed by atoms with Gasteiger partial charge in [0.1, 0.15) is 5.82 Å². The second-order valence-corrected chi connectivity index (χ2v) is 7.95. The van der Waals surface area contributed by atoms with Crippen LogP contribution in [0.15, 0.2) is 23.3 Å². The van der Waals surface area contributed by atoms with E-state index in [4.69, 9.17) is 5.73 Å². The van der Waals surface area contributed by atoms with Crippen molar-refractivity contribution in [1.29, 1.82) is 0 Å². The van der Waals surface area contributed by atoms with E-state index >= 15 is 0 Å². The molecule has 0 radical (unpaired) electrons. The molecule has 28 heavy (non-hydrogen) atoms. The predicted molar refractivity (Wildman–Crippen MR) is 113 cm³/mol. The molecule has 3 N–H and O–H groups in total. The first-order valence-corrected chi connectivity index (χ1v) is 10.6. The van der Waals surface area contributed by atoms with Crippen LogP contribution in [-0.4, -0.2) is 55.0 Å². The topological polar surface area (TPSA) is 86.8 Å². The predicted octanol–water partition coefficient (Wildman–Crippen LogP) is 2.12. The van der Waals surface area contributed by atoms with E-state index in [0.717, 1.165) is 56.4 Å². The normalized spacial score (nSPS) is 21.3. The lowest BCUT2D eigenvalue weighted by Crippen LogP contribution is -2.46. The average Bonchev–Trinajstić information content (AvgIpc) is 2.98. The molecule has 7 nitrogen and oxygen atoms in total. The van der Waals surface area contributed by atoms with Crippen molar-refractivity contribution in [2.75, 3.05) is 38.1 Å². The maximum absolute atomic E-state index is 11.2. The average molecular weight is 387 g/mol. The molecule has 2 fully saturated rings. The van der Waals surface area contributed by atoms with Crippen LogP contribution in [0.2, 0.25) is 0 Å². The minimum Gasteiger partial charge on any atom is -0.370 e. The molecule has 0 aliphatic carbocycles. The molecule has 7 heteroatoms. The molecule has 1 aromatic heterocycles. The number of hydrogen-bond acceptors (Lipinski definition) is 4. The number of likely N-dealkylation sites (tertiary alicyclic amines) is 1. The Hall–Kier alpha value is -2.31. The molecule has 3 heterocycles. The minimum atomic E-state index is -0.217. The zero-order valence-electron chi connectivity index (χ0n) is 17.1. The maximum Gasteiger partial charge on any atom is 0.217 e. The summed E-state index contributed by atoms with van der Waals surface area (Å²) in [6.45, 7) is 4.70. The van der Waals surface area contributed by atoms with Gasteiger partial charge in [-0.2, -0.15) is 0 Å². The van der Waals surface area contributed by atoms with Gasteiger partial charge in [0.05, 0.1) is 0 Å². The zero-order valence-corrected chi connectivity index (χ0v) is 17.1. The van der Waals surface area contributed by atoms with Gasteiger partial charge >= 0.3 is 0 Å². The third-order valence-corrected chi connectivity index (χ3v) is 5.71. The fraction of sp³-hybridized carbons (Fsp3) is 0.667. The van der Waals surface area contributed by atoms with Crippen LogP contribution in [0.1, 0.15) is 50.5 Å². The summed E-state index contributed by atoms with van der Waals surface area (Å²) in [7, 11) is 1.81. The number of hydrogen-bond donors (Lipinski definition) is 2. The van der Waals surface area contributed by atoms with Crippen LogP contribution in [-0.2, 0) is 11.3 Å². The first-order chi connectivity index (χ1) is 13.7. The molecule has 154 valence electrons. The number of nitrogens with zero attached hydrogens (tertiary/aromatic N) is 4. The molecule has 1 amide bonds. The SMILES string of the molecule is CN=C(NCc1ccc(N2CCCCCC2)nc1)N1CCCC(CC(N)=O)C1. The third kappa shape index (κ3) is 5.84. The molecule has 2 saturated heterocycles. The van der Waals surface area contributed by atoms with E-state index in [1.807, 2.05) is 6.20 Å². The zero-order chi connectivity index (χ0) is 19.8. The lowest BCUT2D eigenvalue weighted by Gasteiger charge is -2.34. The second kappa shape index (κ2) is 10.3. The van der Waals surface area contributed by atoms with Crippen LogP contribution in [0.25, 0.3) is 0 Å². The van der Waals surface area contributed by atoms with E-state index in [1.165, 1.54) is 25.7 Å². The highest BCUT2D eigenvalue weighted by atomic mass is 16.1. The molecule has 0 spiro atoms. The van der Waals surface area contributed by atoms with Crippen LogP contribution < -0.4 is 16.0 Å². The largest absolute Gasteiger partial charge is 0.370 e. The van der Waals surface area contributed by atoms with Gasteiger partial charge in [-0.05, 0) is 43.2 Å². The van der Waals surface area contributed by atoms with Gasteiger partial charge in [0.15, 0.2) is 5.96 Å². The highest BCUT2D eigenvalue weighted by molar-refractivity contribution is 5.80. The Balaban J connectivity index is 1.52. The van der Waals surface area contributed by atoms with Crippen LogP contribution in [0, 0.1) is 5.92 Å². The Morgan fingerprint density at radius 2 is 2.00 bits per heavy atom. The van der Waals surface area contributed by atoms with Gasteiger partial charge in [-0.25, -0.2) is 4.98 Å². The second-order valence-electron chi connectivity index (χ2n) is 7.95. The van der Waals surface area contributed by atoms with Crippen molar-refractivity contribution < 1.29 is 4.79 Å². The number of carbonyl (C=O) groups excluding carboxylic acids is 1. The number of rotatable bonds is 5. The van der Waals surface area contributed by atoms with E-state index < -0.39 is 0 Å². The van der Waals surface area contributed by atoms with Gasteiger partial charge in [0, 0.05) is 52.4 Å². The monoisotopic (exact) mass is 386 g/mol. The highest BCUT2D eigenvalue weighted by Crippen LogP contribution is 2.20. The first kappa shape index (κ1) is 20.4. The van der Waals surface area contributed by atoms with Crippen molar-refractivity contribution in [1.82, 2.24) is 15.2 Å². The summed E-state index contributed by atoms with van der Waals surface area (Å²) in [5.74, 6) is 2.07. The first-order valence-electron chi connectivity index (χ1n) is 10.6. The lowest BCUT2D eigenvalue weighted by atomic mass is 9.95. The number of nitrogens with two attached hydrogens (primary N) is 1. The van der Waals surface area contributed by atoms with Crippen molar-refractivity contribution in [2.45, 2.75) is 51.5 Å². The number of pyridine rings is 1. The van der Waals surface area contributed by atoms with Gasteiger partial charge in [0.2, 0.25) is 5.91 Å². The van der Waals surface area contributed by atoms with E-state index in [9.17, 15) is 4.79 Å². The van der Waals surface area contributed by atoms with Crippen LogP contribution in [0.5, 0.6) is 0 Å². The summed E-state index contributed by atoms with van der Waals surface area (Å²) in [4.78, 5) is 25.0. The summed E-state index contributed by atoms with van der Waals surface area (Å²) in [5, 5.41) is 3.44. The van der Waals surface area contributed by atoms with Crippen molar-refractivity contribution in [2.24, 2.45) is 16.6 Å². The number of aromatic nitrogens is 1. The molecule has 1 unspecified atom stereocenters. The Bertz CT molecular complexity index is 651. The number of amides is 1. The molecule has 1 atom stereocenters. The summed E-state index contributed by atoms with van der Waals surface area (Å²) in [6.07, 6.45) is 9.70. The molecule has 2 aliphatic heterocycles. The van der Waals surface area contributed by atoms with Gasteiger partial charge < -0.3 is 20.9 Å². The Labute approximate surface area is 168 Å². The maximum atomic E-state index is 11.2. The van der Waals surface area contributed by atoms with Gasteiger partial charge in [-0.1, -0.05) is 18.9 Å². The number of carbonyl (C=O) groups is 1. The number of piperidine rings is 1. The molecule has 1 aromatic rings. The highest BCUT2D eigenvalue weighted by Gasteiger charge is 2.23. The third-order valence-electron chi connectivity index (χ3n) is 5.71. The summed E-state index contributed by atoms with van der Waals surface area (Å²) in [6, 6.07) is 4.29. The lowest BCUT2D eigenvalue weighted by molar-refractivity contribution is -0.119. The number of nitrogens with one attached hydrogen (secondary N) is 1. The van der Waals surface area contributed by atoms with Gasteiger partial charge in [-0.15, -0.1) is 0 Å². The minimum absolute atomic E-state index is 0.217. The molecule has 2 aliphatic rings. The molecule has 0 saturated carbocycles. The molecule has 0 aromatic carbocycles. The summed E-state index contributed by atoms with van der Waals surface area (Å²) < 4.78 is 0. The molecular weight excluding hydrogens is 352 g/mol. The Morgan fingerprint density at radius 1 is 1.21 bits per heavy atom. The fourth-order valence-electron chi connectivity index (χ4n) is 4.23. The van der Waals surface area contributed by atoms with Crippen molar-refractivity contribution in [3.8, 4) is 0 Å². The molecule has 0 bridgehead atoms. The fourth-order valence-corrected chi connectivity index (χ4v) is 4.23. The summed E-state index contributed by atoms with van der Waals surface area (Å²) in [5.41, 5.74) is 6.52. The Kier molecular flexibility index (Phi) is 7.51. The van der Waals surface area contributed by atoms with Crippen LogP contribution in [0.3, 0.4) is 0 Å². The number of aliphatic imine (C=N–C) groups is 1. The van der Waals surface area contributed by atoms with E-state index in [1.54, 1.807) is 7.05 Å². The van der Waals surface area contributed by atoms with Crippen molar-refractivity contribution in [3.05, 3.63) is 23.9 Å². The summed E-state index contributed by atoms with van der Waals surface area (Å²) >= 11 is 0. The standard InChI is InChI=1S/C21H34N6O/c1-23-21(27-12-6-7-17(16-27)13-19(22)28)25-15-18-8-9-20(24-14-18)26-10-4-2-3-5-11-26/h8-9,14,17H,2-7,10-13,15-16H2,1H3,(H2,22,28)(H,23,25). The van der Waals surface area contributed by atoms with Gasteiger partial charge in [-0.3, -0.25) is 9.79 Å². The van der Waals surface area contributed by atoms with E-state index in [-0.39, 0.29) is 5.91 Å². The van der Waals surface area contributed by atoms with E-state index in [2.05, 4.69) is 37.2 Å². The number of anilines is 1. The Morgan fingerprint density at radius 3 is 2.64 bits per heavy atom. The number of primary amides is 1. The van der Waals surface area contributed by atoms with E-state index in [0.29, 0.717) is 18.9 Å². The quantitative estimate of drug-likeness (QED) is 0.598. The van der Waals surface area contributed by atoms with Gasteiger partial charge in [0.25, 0.3) is 0 Å². The van der Waals surface area contributed by atoms with Crippen molar-refractivity contribution in [3.63, 3.8) is 0 Å².